The van der Waals surface area contributed by atoms with Gasteiger partial charge >= 0.3 is 0 Å². The van der Waals surface area contributed by atoms with Crippen LogP contribution in [0.15, 0.2) is 59.2 Å². The Labute approximate surface area is 218 Å². The van der Waals surface area contributed by atoms with Gasteiger partial charge in [-0.25, -0.2) is 0 Å². The Kier molecular flexibility index (Phi) is 7.97. The molecule has 0 radical (unpaired) electrons. The highest BCUT2D eigenvalue weighted by atomic mass is 35.5. The summed E-state index contributed by atoms with van der Waals surface area (Å²) in [5, 5.41) is 6.26. The zero-order chi connectivity index (χ0) is 25.7. The van der Waals surface area contributed by atoms with E-state index >= 15 is 0 Å². The zero-order valence-electron chi connectivity index (χ0n) is 19.7. The second-order valence-electron chi connectivity index (χ2n) is 7.90. The molecule has 11 heteroatoms. The van der Waals surface area contributed by atoms with Crippen LogP contribution in [0.1, 0.15) is 20.9 Å². The first-order valence-corrected chi connectivity index (χ1v) is 11.9. The van der Waals surface area contributed by atoms with Gasteiger partial charge in [0, 0.05) is 37.9 Å². The number of thiocarbonyl (C=S) groups is 1. The number of halogens is 1. The highest BCUT2D eigenvalue weighted by Crippen LogP contribution is 2.30. The molecule has 0 aliphatic carbocycles. The van der Waals surface area contributed by atoms with Gasteiger partial charge in [0.25, 0.3) is 11.8 Å². The molecule has 2 amide bonds. The number of hydrogen-bond acceptors (Lipinski definition) is 7. The molecule has 2 aromatic carbocycles. The van der Waals surface area contributed by atoms with Gasteiger partial charge in [0.15, 0.2) is 10.9 Å². The molecule has 0 bridgehead atoms. The monoisotopic (exact) mass is 528 g/mol. The molecule has 0 atom stereocenters. The zero-order valence-corrected chi connectivity index (χ0v) is 21.3. The summed E-state index contributed by atoms with van der Waals surface area (Å²) in [5.74, 6) is 0.743. The molecule has 0 saturated carbocycles. The number of amides is 2. The number of furan rings is 1. The average Bonchev–Trinajstić information content (AvgIpc) is 3.43. The van der Waals surface area contributed by atoms with Gasteiger partial charge in [0.2, 0.25) is 0 Å². The topological polar surface area (TPSA) is 96.3 Å². The maximum Gasteiger partial charge on any atom is 0.289 e. The van der Waals surface area contributed by atoms with Gasteiger partial charge in [-0.2, -0.15) is 0 Å². The van der Waals surface area contributed by atoms with E-state index in [1.165, 1.54) is 20.5 Å². The Morgan fingerprint density at radius 2 is 1.81 bits per heavy atom. The Morgan fingerprint density at radius 3 is 2.44 bits per heavy atom. The summed E-state index contributed by atoms with van der Waals surface area (Å²) >= 11 is 11.9. The summed E-state index contributed by atoms with van der Waals surface area (Å²) in [7, 11) is 3.01. The van der Waals surface area contributed by atoms with Crippen molar-refractivity contribution in [1.82, 2.24) is 10.2 Å². The number of benzene rings is 2. The van der Waals surface area contributed by atoms with Crippen LogP contribution in [0.25, 0.3) is 0 Å². The molecule has 4 rings (SSSR count). The number of methoxy groups -OCH3 is 2. The molecular weight excluding hydrogens is 504 g/mol. The van der Waals surface area contributed by atoms with Crippen molar-refractivity contribution in [2.75, 3.05) is 50.6 Å². The summed E-state index contributed by atoms with van der Waals surface area (Å²) in [4.78, 5) is 29.0. The fourth-order valence-corrected chi connectivity index (χ4v) is 4.38. The summed E-state index contributed by atoms with van der Waals surface area (Å²) in [6.45, 7) is 2.38. The van der Waals surface area contributed by atoms with Crippen LogP contribution >= 0.6 is 23.8 Å². The van der Waals surface area contributed by atoms with Crippen LogP contribution in [0.5, 0.6) is 11.5 Å². The van der Waals surface area contributed by atoms with Crippen LogP contribution in [0.3, 0.4) is 0 Å². The summed E-state index contributed by atoms with van der Waals surface area (Å²) in [6, 6.07) is 13.7. The maximum absolute atomic E-state index is 12.7. The first-order valence-electron chi connectivity index (χ1n) is 11.1. The van der Waals surface area contributed by atoms with Crippen LogP contribution in [0.2, 0.25) is 5.02 Å². The molecule has 1 aliphatic heterocycles. The van der Waals surface area contributed by atoms with E-state index in [1.807, 2.05) is 12.1 Å². The maximum atomic E-state index is 12.7. The van der Waals surface area contributed by atoms with Crippen LogP contribution in [-0.2, 0) is 0 Å². The van der Waals surface area contributed by atoms with Crippen molar-refractivity contribution in [3.8, 4) is 11.5 Å². The van der Waals surface area contributed by atoms with E-state index in [4.69, 9.17) is 37.7 Å². The lowest BCUT2D eigenvalue weighted by Crippen LogP contribution is -2.48. The molecule has 1 aromatic heterocycles. The van der Waals surface area contributed by atoms with Gasteiger partial charge in [-0.05, 0) is 54.7 Å². The number of anilines is 2. The molecule has 9 nitrogen and oxygen atoms in total. The third kappa shape index (κ3) is 5.72. The van der Waals surface area contributed by atoms with Gasteiger partial charge in [-0.15, -0.1) is 0 Å². The summed E-state index contributed by atoms with van der Waals surface area (Å²) in [5.41, 5.74) is 1.80. The first kappa shape index (κ1) is 25.3. The van der Waals surface area contributed by atoms with Gasteiger partial charge in [0.05, 0.1) is 36.8 Å². The lowest BCUT2D eigenvalue weighted by molar-refractivity contribution is 0.0714. The molecule has 3 aromatic rings. The predicted molar refractivity (Wildman–Crippen MR) is 142 cm³/mol. The Bertz CT molecular complexity index is 1260. The SMILES string of the molecule is COc1ccc(C(=O)NC(=S)Nc2ccc(N3CCN(C(=O)c4ccco4)CC3)c(Cl)c2)c(OC)c1. The summed E-state index contributed by atoms with van der Waals surface area (Å²) in [6.07, 6.45) is 1.49. The van der Waals surface area contributed by atoms with Crippen molar-refractivity contribution < 1.29 is 23.5 Å². The Balaban J connectivity index is 1.34. The van der Waals surface area contributed by atoms with Crippen molar-refractivity contribution in [3.05, 3.63) is 71.1 Å². The molecule has 1 fully saturated rings. The van der Waals surface area contributed by atoms with Gasteiger partial charge in [-0.3, -0.25) is 14.9 Å². The van der Waals surface area contributed by atoms with Gasteiger partial charge in [0.1, 0.15) is 11.5 Å². The lowest BCUT2D eigenvalue weighted by Gasteiger charge is -2.36. The fourth-order valence-electron chi connectivity index (χ4n) is 3.87. The third-order valence-electron chi connectivity index (χ3n) is 5.73. The first-order chi connectivity index (χ1) is 17.4. The highest BCUT2D eigenvalue weighted by molar-refractivity contribution is 7.80. The smallest absolute Gasteiger partial charge is 0.289 e. The molecule has 0 spiro atoms. The standard InChI is InChI=1S/C25H25ClN4O5S/c1-33-17-6-7-18(22(15-17)34-2)23(31)28-25(36)27-16-5-8-20(19(26)14-16)29-9-11-30(12-10-29)24(32)21-4-3-13-35-21/h3-8,13-15H,9-12H2,1-2H3,(H2,27,28,31,36). The van der Waals surface area contributed by atoms with Crippen LogP contribution < -0.4 is 25.0 Å². The Morgan fingerprint density at radius 1 is 1.03 bits per heavy atom. The molecule has 1 saturated heterocycles. The van der Waals surface area contributed by atoms with E-state index in [0.717, 1.165) is 5.69 Å². The average molecular weight is 529 g/mol. The van der Waals surface area contributed by atoms with Crippen LogP contribution in [0, 0.1) is 0 Å². The number of nitrogens with zero attached hydrogens (tertiary/aromatic N) is 2. The molecular formula is C25H25ClN4O5S. The second-order valence-corrected chi connectivity index (χ2v) is 8.71. The van der Waals surface area contributed by atoms with E-state index in [2.05, 4.69) is 15.5 Å². The van der Waals surface area contributed by atoms with Crippen molar-refractivity contribution >= 4 is 52.1 Å². The largest absolute Gasteiger partial charge is 0.497 e. The number of rotatable bonds is 6. The van der Waals surface area contributed by atoms with E-state index in [0.29, 0.717) is 59.7 Å². The molecule has 2 N–H and O–H groups in total. The number of carbonyl (C=O) groups excluding carboxylic acids is 2. The molecule has 36 heavy (non-hydrogen) atoms. The molecule has 2 heterocycles. The van der Waals surface area contributed by atoms with Gasteiger partial charge < -0.3 is 29.0 Å². The second kappa shape index (κ2) is 11.3. The van der Waals surface area contributed by atoms with E-state index in [1.54, 1.807) is 41.3 Å². The minimum Gasteiger partial charge on any atom is -0.497 e. The number of nitrogens with one attached hydrogen (secondary N) is 2. The normalized spacial score (nSPS) is 13.2. The van der Waals surface area contributed by atoms with Crippen molar-refractivity contribution in [1.29, 1.82) is 0 Å². The molecule has 188 valence electrons. The van der Waals surface area contributed by atoms with E-state index in [-0.39, 0.29) is 11.0 Å². The minimum absolute atomic E-state index is 0.117. The number of ether oxygens (including phenoxy) is 2. The van der Waals surface area contributed by atoms with Crippen LogP contribution in [0.4, 0.5) is 11.4 Å². The van der Waals surface area contributed by atoms with Crippen LogP contribution in [-0.4, -0.2) is 62.2 Å². The third-order valence-corrected chi connectivity index (χ3v) is 6.23. The van der Waals surface area contributed by atoms with Crippen molar-refractivity contribution in [2.45, 2.75) is 0 Å². The molecule has 0 unspecified atom stereocenters. The highest BCUT2D eigenvalue weighted by Gasteiger charge is 2.25. The van der Waals surface area contributed by atoms with Crippen molar-refractivity contribution in [3.63, 3.8) is 0 Å². The quantitative estimate of drug-likeness (QED) is 0.463. The fraction of sp³-hybridized carbons (Fsp3) is 0.240. The minimum atomic E-state index is -0.420. The molecule has 1 aliphatic rings. The van der Waals surface area contributed by atoms with Gasteiger partial charge in [-0.1, -0.05) is 11.6 Å². The predicted octanol–water partition coefficient (Wildman–Crippen LogP) is 4.04. The van der Waals surface area contributed by atoms with E-state index in [9.17, 15) is 9.59 Å². The summed E-state index contributed by atoms with van der Waals surface area (Å²) < 4.78 is 15.7. The number of hydrogen-bond donors (Lipinski definition) is 2. The number of piperazine rings is 1. The number of carbonyl (C=O) groups is 2. The van der Waals surface area contributed by atoms with E-state index < -0.39 is 5.91 Å². The van der Waals surface area contributed by atoms with Crippen molar-refractivity contribution in [2.24, 2.45) is 0 Å². The lowest BCUT2D eigenvalue weighted by atomic mass is 10.2. The Hall–Kier alpha value is -3.76.